The summed E-state index contributed by atoms with van der Waals surface area (Å²) in [4.78, 5) is 18.0. The lowest BCUT2D eigenvalue weighted by atomic mass is 10.2. The van der Waals surface area contributed by atoms with Crippen molar-refractivity contribution in [3.63, 3.8) is 0 Å². The first-order chi connectivity index (χ1) is 14.1. The predicted molar refractivity (Wildman–Crippen MR) is 115 cm³/mol. The van der Waals surface area contributed by atoms with Crippen LogP contribution in [0.1, 0.15) is 29.8 Å². The number of thiazole rings is 1. The minimum atomic E-state index is -0.316. The molecule has 2 aromatic carbocycles. The maximum Gasteiger partial charge on any atom is 0.279 e. The molecule has 0 unspecified atom stereocenters. The Kier molecular flexibility index (Phi) is 7.06. The molecule has 0 saturated heterocycles. The Balaban J connectivity index is 2.04. The standard InChI is InChI=1S/C22H26N2O4S/c1-5-27-18-10-8-16(14-19(18)28-6-2)21(25)23-22-24(11-12-26-4)17-9-7-15(3)13-20(17)29-22/h7-10,13-14H,5-6,11-12H2,1-4H3. The topological polar surface area (TPSA) is 62.0 Å². The summed E-state index contributed by atoms with van der Waals surface area (Å²) in [5, 5.41) is 0. The van der Waals surface area contributed by atoms with Crippen molar-refractivity contribution >= 4 is 27.5 Å². The second kappa shape index (κ2) is 9.71. The van der Waals surface area contributed by atoms with Gasteiger partial charge in [0.05, 0.1) is 30.0 Å². The van der Waals surface area contributed by atoms with Crippen molar-refractivity contribution in [2.75, 3.05) is 26.9 Å². The molecule has 0 aliphatic rings. The quantitative estimate of drug-likeness (QED) is 0.554. The number of ether oxygens (including phenoxy) is 3. The average molecular weight is 415 g/mol. The molecule has 0 fully saturated rings. The zero-order chi connectivity index (χ0) is 20.8. The van der Waals surface area contributed by atoms with E-state index in [1.165, 1.54) is 16.9 Å². The number of amides is 1. The predicted octanol–water partition coefficient (Wildman–Crippen LogP) is 4.20. The zero-order valence-electron chi connectivity index (χ0n) is 17.2. The molecule has 1 aromatic heterocycles. The van der Waals surface area contributed by atoms with E-state index in [9.17, 15) is 4.79 Å². The third kappa shape index (κ3) is 4.86. The van der Waals surface area contributed by atoms with Gasteiger partial charge in [0.1, 0.15) is 0 Å². The number of methoxy groups -OCH3 is 1. The summed E-state index contributed by atoms with van der Waals surface area (Å²) in [7, 11) is 1.66. The molecule has 0 saturated carbocycles. The van der Waals surface area contributed by atoms with Crippen molar-refractivity contribution in [2.45, 2.75) is 27.3 Å². The van der Waals surface area contributed by atoms with E-state index in [4.69, 9.17) is 14.2 Å². The molecule has 3 aromatic rings. The number of hydrogen-bond donors (Lipinski definition) is 0. The number of nitrogens with zero attached hydrogens (tertiary/aromatic N) is 2. The highest BCUT2D eigenvalue weighted by atomic mass is 32.1. The normalized spacial score (nSPS) is 11.8. The van der Waals surface area contributed by atoms with E-state index in [1.54, 1.807) is 25.3 Å². The van der Waals surface area contributed by atoms with Crippen molar-refractivity contribution < 1.29 is 19.0 Å². The molecular weight excluding hydrogens is 388 g/mol. The van der Waals surface area contributed by atoms with E-state index in [1.807, 2.05) is 18.4 Å². The van der Waals surface area contributed by atoms with Gasteiger partial charge in [-0.05, 0) is 56.7 Å². The maximum absolute atomic E-state index is 12.9. The van der Waals surface area contributed by atoms with E-state index >= 15 is 0 Å². The van der Waals surface area contributed by atoms with Crippen LogP contribution in [0.5, 0.6) is 11.5 Å². The highest BCUT2D eigenvalue weighted by Gasteiger charge is 2.13. The van der Waals surface area contributed by atoms with Crippen molar-refractivity contribution in [2.24, 2.45) is 4.99 Å². The van der Waals surface area contributed by atoms with Gasteiger partial charge in [-0.3, -0.25) is 4.79 Å². The van der Waals surface area contributed by atoms with E-state index < -0.39 is 0 Å². The molecule has 3 rings (SSSR count). The van der Waals surface area contributed by atoms with Crippen molar-refractivity contribution in [3.05, 3.63) is 52.3 Å². The van der Waals surface area contributed by atoms with Crippen LogP contribution in [0.4, 0.5) is 0 Å². The van der Waals surface area contributed by atoms with Gasteiger partial charge in [0.15, 0.2) is 16.3 Å². The molecule has 6 nitrogen and oxygen atoms in total. The maximum atomic E-state index is 12.9. The lowest BCUT2D eigenvalue weighted by Crippen LogP contribution is -2.19. The first kappa shape index (κ1) is 21.1. The average Bonchev–Trinajstić information content (AvgIpc) is 3.03. The summed E-state index contributed by atoms with van der Waals surface area (Å²) >= 11 is 1.50. The number of rotatable bonds is 8. The molecule has 7 heteroatoms. The van der Waals surface area contributed by atoms with Crippen LogP contribution in [0, 0.1) is 6.92 Å². The third-order valence-electron chi connectivity index (χ3n) is 4.34. The van der Waals surface area contributed by atoms with Gasteiger partial charge in [0.2, 0.25) is 0 Å². The monoisotopic (exact) mass is 414 g/mol. The molecule has 0 aliphatic carbocycles. The number of aryl methyl sites for hydroxylation is 1. The van der Waals surface area contributed by atoms with Gasteiger partial charge < -0.3 is 18.8 Å². The first-order valence-corrected chi connectivity index (χ1v) is 10.5. The minimum Gasteiger partial charge on any atom is -0.490 e. The van der Waals surface area contributed by atoms with Crippen LogP contribution < -0.4 is 14.3 Å². The van der Waals surface area contributed by atoms with Crippen LogP contribution in [-0.4, -0.2) is 37.4 Å². The van der Waals surface area contributed by atoms with Gasteiger partial charge in [0, 0.05) is 19.2 Å². The molecule has 1 heterocycles. The lowest BCUT2D eigenvalue weighted by Gasteiger charge is -2.11. The molecule has 0 N–H and O–H groups in total. The summed E-state index contributed by atoms with van der Waals surface area (Å²) in [6.45, 7) is 8.03. The van der Waals surface area contributed by atoms with Crippen LogP contribution in [-0.2, 0) is 11.3 Å². The smallest absolute Gasteiger partial charge is 0.279 e. The summed E-state index contributed by atoms with van der Waals surface area (Å²) in [6, 6.07) is 11.4. The lowest BCUT2D eigenvalue weighted by molar-refractivity contribution is 0.0997. The van der Waals surface area contributed by atoms with Crippen molar-refractivity contribution in [1.82, 2.24) is 4.57 Å². The molecular formula is C22H26N2O4S. The highest BCUT2D eigenvalue weighted by molar-refractivity contribution is 7.16. The van der Waals surface area contributed by atoms with Crippen LogP contribution in [0.15, 0.2) is 41.4 Å². The molecule has 0 bridgehead atoms. The Morgan fingerprint density at radius 3 is 2.55 bits per heavy atom. The molecule has 0 atom stereocenters. The third-order valence-corrected chi connectivity index (χ3v) is 5.39. The van der Waals surface area contributed by atoms with Gasteiger partial charge in [-0.25, -0.2) is 0 Å². The van der Waals surface area contributed by atoms with E-state index in [2.05, 4.69) is 30.1 Å². The molecule has 29 heavy (non-hydrogen) atoms. The number of hydrogen-bond acceptors (Lipinski definition) is 5. The van der Waals surface area contributed by atoms with E-state index in [0.29, 0.717) is 48.2 Å². The van der Waals surface area contributed by atoms with Crippen LogP contribution in [0.3, 0.4) is 0 Å². The van der Waals surface area contributed by atoms with Crippen LogP contribution in [0.25, 0.3) is 10.2 Å². The fourth-order valence-electron chi connectivity index (χ4n) is 3.00. The fourth-order valence-corrected chi connectivity index (χ4v) is 4.15. The Morgan fingerprint density at radius 2 is 1.83 bits per heavy atom. The number of carbonyl (C=O) groups excluding carboxylic acids is 1. The van der Waals surface area contributed by atoms with Crippen LogP contribution in [0.2, 0.25) is 0 Å². The van der Waals surface area contributed by atoms with Gasteiger partial charge in [0.25, 0.3) is 5.91 Å². The molecule has 0 radical (unpaired) electrons. The molecule has 154 valence electrons. The number of benzene rings is 2. The molecule has 0 aliphatic heterocycles. The summed E-state index contributed by atoms with van der Waals surface area (Å²) in [5.41, 5.74) is 2.68. The summed E-state index contributed by atoms with van der Waals surface area (Å²) in [6.07, 6.45) is 0. The van der Waals surface area contributed by atoms with Gasteiger partial charge >= 0.3 is 0 Å². The Labute approximate surface area is 174 Å². The molecule has 1 amide bonds. The van der Waals surface area contributed by atoms with Crippen molar-refractivity contribution in [1.29, 1.82) is 0 Å². The summed E-state index contributed by atoms with van der Waals surface area (Å²) in [5.74, 6) is 0.858. The van der Waals surface area contributed by atoms with Crippen molar-refractivity contribution in [3.8, 4) is 11.5 Å². The fraction of sp³-hybridized carbons (Fsp3) is 0.364. The summed E-state index contributed by atoms with van der Waals surface area (Å²) < 4.78 is 19.6. The highest BCUT2D eigenvalue weighted by Crippen LogP contribution is 2.29. The first-order valence-electron chi connectivity index (χ1n) is 9.65. The number of aromatic nitrogens is 1. The van der Waals surface area contributed by atoms with Gasteiger partial charge in [-0.1, -0.05) is 17.4 Å². The van der Waals surface area contributed by atoms with Gasteiger partial charge in [-0.15, -0.1) is 0 Å². The minimum absolute atomic E-state index is 0.316. The Morgan fingerprint density at radius 1 is 1.07 bits per heavy atom. The molecule has 0 spiro atoms. The largest absolute Gasteiger partial charge is 0.490 e. The Hall–Kier alpha value is -2.64. The van der Waals surface area contributed by atoms with E-state index in [0.717, 1.165) is 10.2 Å². The second-order valence-electron chi connectivity index (χ2n) is 6.44. The van der Waals surface area contributed by atoms with Crippen LogP contribution >= 0.6 is 11.3 Å². The second-order valence-corrected chi connectivity index (χ2v) is 7.45. The SMILES string of the molecule is CCOc1ccc(C(=O)N=c2sc3cc(C)ccc3n2CCOC)cc1OCC. The number of fused-ring (bicyclic) bond motifs is 1. The number of carbonyl (C=O) groups is 1. The zero-order valence-corrected chi connectivity index (χ0v) is 18.0. The Bertz CT molecular complexity index is 1070. The van der Waals surface area contributed by atoms with E-state index in [-0.39, 0.29) is 5.91 Å². The van der Waals surface area contributed by atoms with Gasteiger partial charge in [-0.2, -0.15) is 4.99 Å².